The first-order valence-corrected chi connectivity index (χ1v) is 3.66. The molecule has 0 fully saturated rings. The maximum Gasteiger partial charge on any atom is 0.147 e. The number of nitrogens with zero attached hydrogens (tertiary/aromatic N) is 1. The van der Waals surface area contributed by atoms with Crippen LogP contribution < -0.4 is 11.5 Å². The van der Waals surface area contributed by atoms with E-state index < -0.39 is 0 Å². The topological polar surface area (TPSA) is 64.9 Å². The molecule has 0 unspecified atom stereocenters. The molecular weight excluding hydrogens is 138 g/mol. The molecule has 0 spiro atoms. The van der Waals surface area contributed by atoms with Crippen molar-refractivity contribution in [2.24, 2.45) is 0 Å². The Labute approximate surface area is 66.4 Å². The van der Waals surface area contributed by atoms with Gasteiger partial charge in [0.15, 0.2) is 0 Å². The summed E-state index contributed by atoms with van der Waals surface area (Å²) in [6.07, 6.45) is 0.902. The van der Waals surface area contributed by atoms with Gasteiger partial charge in [-0.3, -0.25) is 0 Å². The summed E-state index contributed by atoms with van der Waals surface area (Å²) in [4.78, 5) is 4.03. The van der Waals surface area contributed by atoms with Crippen molar-refractivity contribution in [1.82, 2.24) is 4.98 Å². The molecule has 1 rings (SSSR count). The molecule has 1 heterocycles. The largest absolute Gasteiger partial charge is 0.396 e. The molecule has 11 heavy (non-hydrogen) atoms. The highest BCUT2D eigenvalue weighted by Crippen LogP contribution is 2.18. The Morgan fingerprint density at radius 2 is 2.09 bits per heavy atom. The third-order valence-corrected chi connectivity index (χ3v) is 1.68. The van der Waals surface area contributed by atoms with Gasteiger partial charge in [-0.25, -0.2) is 4.98 Å². The van der Waals surface area contributed by atoms with Crippen LogP contribution in [0.4, 0.5) is 11.5 Å². The van der Waals surface area contributed by atoms with Crippen LogP contribution in [0, 0.1) is 6.92 Å². The molecule has 1 aromatic rings. The molecule has 4 N–H and O–H groups in total. The fraction of sp³-hybridized carbons (Fsp3) is 0.375. The van der Waals surface area contributed by atoms with Gasteiger partial charge < -0.3 is 11.5 Å². The molecule has 0 amide bonds. The number of nitrogens with two attached hydrogens (primary N) is 2. The SMILES string of the molecule is CCc1cc(C)nc(N)c1N. The molecule has 0 aliphatic carbocycles. The highest BCUT2D eigenvalue weighted by molar-refractivity contribution is 5.63. The molecule has 60 valence electrons. The Balaban J connectivity index is 3.24. The van der Waals surface area contributed by atoms with Crippen LogP contribution in [0.2, 0.25) is 0 Å². The monoisotopic (exact) mass is 151 g/mol. The van der Waals surface area contributed by atoms with Crippen LogP contribution in [0.15, 0.2) is 6.07 Å². The fourth-order valence-corrected chi connectivity index (χ4v) is 1.07. The Kier molecular flexibility index (Phi) is 1.98. The standard InChI is InChI=1S/C8H13N3/c1-3-6-4-5(2)11-8(10)7(6)9/h4H,3,9H2,1-2H3,(H2,10,11). The van der Waals surface area contributed by atoms with E-state index in [4.69, 9.17) is 11.5 Å². The lowest BCUT2D eigenvalue weighted by atomic mass is 10.1. The number of aryl methyl sites for hydroxylation is 2. The van der Waals surface area contributed by atoms with E-state index in [-0.39, 0.29) is 0 Å². The molecule has 3 heteroatoms. The van der Waals surface area contributed by atoms with Gasteiger partial charge in [0.25, 0.3) is 0 Å². The Bertz CT molecular complexity index is 268. The van der Waals surface area contributed by atoms with E-state index in [9.17, 15) is 0 Å². The van der Waals surface area contributed by atoms with Gasteiger partial charge in [-0.15, -0.1) is 0 Å². The Morgan fingerprint density at radius 3 is 2.64 bits per heavy atom. The predicted octanol–water partition coefficient (Wildman–Crippen LogP) is 1.12. The molecule has 0 aliphatic rings. The van der Waals surface area contributed by atoms with E-state index in [2.05, 4.69) is 4.98 Å². The third kappa shape index (κ3) is 1.42. The van der Waals surface area contributed by atoms with E-state index in [0.29, 0.717) is 11.5 Å². The lowest BCUT2D eigenvalue weighted by Crippen LogP contribution is -2.03. The van der Waals surface area contributed by atoms with E-state index in [1.807, 2.05) is 19.9 Å². The van der Waals surface area contributed by atoms with Gasteiger partial charge in [-0.05, 0) is 25.0 Å². The summed E-state index contributed by atoms with van der Waals surface area (Å²) in [6.45, 7) is 3.96. The minimum Gasteiger partial charge on any atom is -0.396 e. The number of rotatable bonds is 1. The van der Waals surface area contributed by atoms with Gasteiger partial charge in [0.2, 0.25) is 0 Å². The van der Waals surface area contributed by atoms with Crippen LogP contribution >= 0.6 is 0 Å². The average molecular weight is 151 g/mol. The maximum absolute atomic E-state index is 5.67. The molecule has 0 saturated heterocycles. The minimum absolute atomic E-state index is 0.446. The molecule has 0 saturated carbocycles. The predicted molar refractivity (Wildman–Crippen MR) is 47.2 cm³/mol. The molecule has 3 nitrogen and oxygen atoms in total. The van der Waals surface area contributed by atoms with Gasteiger partial charge in [0, 0.05) is 5.69 Å². The van der Waals surface area contributed by atoms with Crippen LogP contribution in [0.5, 0.6) is 0 Å². The van der Waals surface area contributed by atoms with Crippen molar-refractivity contribution in [2.75, 3.05) is 11.5 Å². The highest BCUT2D eigenvalue weighted by atomic mass is 14.9. The Hall–Kier alpha value is -1.25. The summed E-state index contributed by atoms with van der Waals surface area (Å²) in [5.74, 6) is 0.446. The summed E-state index contributed by atoms with van der Waals surface area (Å²) >= 11 is 0. The molecular formula is C8H13N3. The van der Waals surface area contributed by atoms with Gasteiger partial charge >= 0.3 is 0 Å². The smallest absolute Gasteiger partial charge is 0.147 e. The van der Waals surface area contributed by atoms with Crippen molar-refractivity contribution in [1.29, 1.82) is 0 Å². The minimum atomic E-state index is 0.446. The number of nitrogen functional groups attached to an aromatic ring is 2. The summed E-state index contributed by atoms with van der Waals surface area (Å²) in [6, 6.07) is 1.96. The number of hydrogen-bond donors (Lipinski definition) is 2. The zero-order valence-corrected chi connectivity index (χ0v) is 6.89. The zero-order chi connectivity index (χ0) is 8.43. The maximum atomic E-state index is 5.67. The van der Waals surface area contributed by atoms with E-state index >= 15 is 0 Å². The van der Waals surface area contributed by atoms with E-state index in [1.54, 1.807) is 0 Å². The first kappa shape index (κ1) is 7.85. The second kappa shape index (κ2) is 2.78. The molecule has 0 atom stereocenters. The van der Waals surface area contributed by atoms with Gasteiger partial charge in [0.05, 0.1) is 5.69 Å². The lowest BCUT2D eigenvalue weighted by molar-refractivity contribution is 1.10. The average Bonchev–Trinajstić information content (AvgIpc) is 1.96. The van der Waals surface area contributed by atoms with Crippen molar-refractivity contribution < 1.29 is 0 Å². The van der Waals surface area contributed by atoms with Crippen LogP contribution in [-0.4, -0.2) is 4.98 Å². The van der Waals surface area contributed by atoms with Crippen molar-refractivity contribution in [2.45, 2.75) is 20.3 Å². The van der Waals surface area contributed by atoms with Crippen molar-refractivity contribution >= 4 is 11.5 Å². The van der Waals surface area contributed by atoms with Gasteiger partial charge in [-0.1, -0.05) is 6.92 Å². The van der Waals surface area contributed by atoms with Crippen molar-refractivity contribution in [3.05, 3.63) is 17.3 Å². The van der Waals surface area contributed by atoms with Gasteiger partial charge in [-0.2, -0.15) is 0 Å². The lowest BCUT2D eigenvalue weighted by Gasteiger charge is -2.05. The molecule has 0 aromatic carbocycles. The summed E-state index contributed by atoms with van der Waals surface area (Å²) in [5.41, 5.74) is 13.9. The third-order valence-electron chi connectivity index (χ3n) is 1.68. The molecule has 0 aliphatic heterocycles. The second-order valence-corrected chi connectivity index (χ2v) is 2.58. The molecule has 0 radical (unpaired) electrons. The zero-order valence-electron chi connectivity index (χ0n) is 6.89. The molecule has 0 bridgehead atoms. The number of hydrogen-bond acceptors (Lipinski definition) is 3. The first-order chi connectivity index (χ1) is 5.15. The summed E-state index contributed by atoms with van der Waals surface area (Å²) in [5, 5.41) is 0. The fourth-order valence-electron chi connectivity index (χ4n) is 1.07. The van der Waals surface area contributed by atoms with E-state index in [1.165, 1.54) is 0 Å². The van der Waals surface area contributed by atoms with Crippen LogP contribution in [0.3, 0.4) is 0 Å². The normalized spacial score (nSPS) is 10.0. The van der Waals surface area contributed by atoms with Crippen LogP contribution in [0.1, 0.15) is 18.2 Å². The second-order valence-electron chi connectivity index (χ2n) is 2.58. The van der Waals surface area contributed by atoms with Crippen LogP contribution in [-0.2, 0) is 6.42 Å². The first-order valence-electron chi connectivity index (χ1n) is 3.66. The number of anilines is 2. The quantitative estimate of drug-likeness (QED) is 0.632. The molecule has 1 aromatic heterocycles. The van der Waals surface area contributed by atoms with Gasteiger partial charge in [0.1, 0.15) is 5.82 Å². The van der Waals surface area contributed by atoms with Crippen molar-refractivity contribution in [3.63, 3.8) is 0 Å². The summed E-state index contributed by atoms with van der Waals surface area (Å²) in [7, 11) is 0. The highest BCUT2D eigenvalue weighted by Gasteiger charge is 2.02. The number of aromatic nitrogens is 1. The Morgan fingerprint density at radius 1 is 1.45 bits per heavy atom. The number of pyridine rings is 1. The van der Waals surface area contributed by atoms with Crippen molar-refractivity contribution in [3.8, 4) is 0 Å². The summed E-state index contributed by atoms with van der Waals surface area (Å²) < 4.78 is 0. The van der Waals surface area contributed by atoms with Crippen LogP contribution in [0.25, 0.3) is 0 Å². The van der Waals surface area contributed by atoms with E-state index in [0.717, 1.165) is 17.7 Å².